The number of nitro groups is 1. The molecular weight excluding hydrogens is 316 g/mol. The first-order valence-corrected chi connectivity index (χ1v) is 7.25. The van der Waals surface area contributed by atoms with Gasteiger partial charge < -0.3 is 9.73 Å². The highest BCUT2D eigenvalue weighted by Gasteiger charge is 2.25. The summed E-state index contributed by atoms with van der Waals surface area (Å²) in [6, 6.07) is 2.66. The fourth-order valence-corrected chi connectivity index (χ4v) is 2.86. The fraction of sp³-hybridized carbons (Fsp3) is 0. The number of amides is 1. The summed E-state index contributed by atoms with van der Waals surface area (Å²) in [6.45, 7) is 0. The number of nitrogens with zero attached hydrogens (tertiary/aromatic N) is 3. The van der Waals surface area contributed by atoms with Crippen molar-refractivity contribution in [1.29, 1.82) is 0 Å². The van der Waals surface area contributed by atoms with E-state index in [-0.39, 0.29) is 17.6 Å². The summed E-state index contributed by atoms with van der Waals surface area (Å²) >= 11 is 2.46. The van der Waals surface area contributed by atoms with Crippen LogP contribution in [-0.4, -0.2) is 21.0 Å². The van der Waals surface area contributed by atoms with Gasteiger partial charge in [0.2, 0.25) is 5.13 Å². The van der Waals surface area contributed by atoms with E-state index in [1.54, 1.807) is 11.6 Å². The van der Waals surface area contributed by atoms with E-state index in [9.17, 15) is 14.9 Å². The Hall–Kier alpha value is -2.46. The molecule has 1 aliphatic heterocycles. The first-order chi connectivity index (χ1) is 10.1. The van der Waals surface area contributed by atoms with E-state index in [4.69, 9.17) is 4.42 Å². The monoisotopic (exact) mass is 322 g/mol. The molecule has 21 heavy (non-hydrogen) atoms. The Morgan fingerprint density at radius 3 is 3.00 bits per heavy atom. The van der Waals surface area contributed by atoms with E-state index < -0.39 is 4.92 Å². The first-order valence-electron chi connectivity index (χ1n) is 5.55. The molecule has 3 rings (SSSR count). The van der Waals surface area contributed by atoms with E-state index in [0.29, 0.717) is 15.2 Å². The van der Waals surface area contributed by atoms with E-state index in [1.807, 2.05) is 0 Å². The molecule has 8 nitrogen and oxygen atoms in total. The standard InChI is InChI=1S/C11H6N4O4S2/c16-9-7(5-6-1-2-8(19-6)15(17)18)21-11(13-9)14-10-12-3-4-20-10/h1-5H,(H,12,13,14,16)/b7-5-. The van der Waals surface area contributed by atoms with Crippen LogP contribution < -0.4 is 5.32 Å². The van der Waals surface area contributed by atoms with Gasteiger partial charge in [0.25, 0.3) is 5.91 Å². The topological polar surface area (TPSA) is 111 Å². The third-order valence-corrected chi connectivity index (χ3v) is 3.91. The van der Waals surface area contributed by atoms with Crippen molar-refractivity contribution in [3.05, 3.63) is 44.5 Å². The summed E-state index contributed by atoms with van der Waals surface area (Å²) in [5.41, 5.74) is 0. The summed E-state index contributed by atoms with van der Waals surface area (Å²) in [4.78, 5) is 30.2. The molecular formula is C11H6N4O4S2. The summed E-state index contributed by atoms with van der Waals surface area (Å²) < 4.78 is 4.98. The van der Waals surface area contributed by atoms with Crippen molar-refractivity contribution >= 4 is 51.3 Å². The highest BCUT2D eigenvalue weighted by Crippen LogP contribution is 2.29. The molecule has 3 heterocycles. The van der Waals surface area contributed by atoms with Gasteiger partial charge in [-0.3, -0.25) is 14.9 Å². The lowest BCUT2D eigenvalue weighted by Gasteiger charge is -1.89. The zero-order valence-electron chi connectivity index (χ0n) is 10.2. The molecule has 0 aliphatic carbocycles. The van der Waals surface area contributed by atoms with Crippen molar-refractivity contribution in [1.82, 2.24) is 10.3 Å². The Morgan fingerprint density at radius 1 is 1.48 bits per heavy atom. The van der Waals surface area contributed by atoms with Gasteiger partial charge in [-0.25, -0.2) is 4.98 Å². The molecule has 0 bridgehead atoms. The molecule has 0 atom stereocenters. The number of nitrogens with one attached hydrogen (secondary N) is 1. The van der Waals surface area contributed by atoms with Gasteiger partial charge in [-0.2, -0.15) is 4.99 Å². The second-order valence-electron chi connectivity index (χ2n) is 3.73. The second-order valence-corrected chi connectivity index (χ2v) is 5.63. The minimum Gasteiger partial charge on any atom is -0.401 e. The zero-order chi connectivity index (χ0) is 14.8. The summed E-state index contributed by atoms with van der Waals surface area (Å²) in [5.74, 6) is -0.480. The van der Waals surface area contributed by atoms with Crippen LogP contribution in [0, 0.1) is 10.1 Å². The zero-order valence-corrected chi connectivity index (χ0v) is 11.8. The number of amidine groups is 1. The maximum absolute atomic E-state index is 11.8. The quantitative estimate of drug-likeness (QED) is 0.528. The van der Waals surface area contributed by atoms with Crippen LogP contribution in [-0.2, 0) is 4.79 Å². The van der Waals surface area contributed by atoms with Crippen LogP contribution in [0.3, 0.4) is 0 Å². The number of hydrogen-bond donors (Lipinski definition) is 1. The highest BCUT2D eigenvalue weighted by atomic mass is 32.2. The molecule has 0 aromatic carbocycles. The van der Waals surface area contributed by atoms with Crippen molar-refractivity contribution in [3.63, 3.8) is 0 Å². The molecule has 1 saturated heterocycles. The molecule has 1 N–H and O–H groups in total. The van der Waals surface area contributed by atoms with Crippen molar-refractivity contribution < 1.29 is 14.1 Å². The van der Waals surface area contributed by atoms with Crippen LogP contribution in [0.25, 0.3) is 6.08 Å². The number of aromatic nitrogens is 1. The Morgan fingerprint density at radius 2 is 2.33 bits per heavy atom. The molecule has 2 aromatic heterocycles. The van der Waals surface area contributed by atoms with Gasteiger partial charge in [0.15, 0.2) is 5.17 Å². The summed E-state index contributed by atoms with van der Waals surface area (Å²) in [6.07, 6.45) is 3.04. The Balaban J connectivity index is 1.81. The van der Waals surface area contributed by atoms with Crippen LogP contribution in [0.5, 0.6) is 0 Å². The fourth-order valence-electron chi connectivity index (χ4n) is 1.49. The number of rotatable bonds is 3. The number of carbonyl (C=O) groups is 1. The lowest BCUT2D eigenvalue weighted by atomic mass is 10.4. The van der Waals surface area contributed by atoms with E-state index in [1.165, 1.54) is 29.5 Å². The number of aliphatic imine (C=N–C) groups is 1. The van der Waals surface area contributed by atoms with Crippen molar-refractivity contribution in [2.24, 2.45) is 4.99 Å². The predicted octanol–water partition coefficient (Wildman–Crippen LogP) is 2.54. The lowest BCUT2D eigenvalue weighted by Crippen LogP contribution is -2.19. The Kier molecular flexibility index (Phi) is 3.54. The minimum absolute atomic E-state index is 0.231. The smallest absolute Gasteiger partial charge is 0.401 e. The van der Waals surface area contributed by atoms with Crippen molar-refractivity contribution in [2.45, 2.75) is 0 Å². The predicted molar refractivity (Wildman–Crippen MR) is 78.3 cm³/mol. The van der Waals surface area contributed by atoms with Gasteiger partial charge >= 0.3 is 5.88 Å². The van der Waals surface area contributed by atoms with E-state index in [0.717, 1.165) is 11.8 Å². The molecule has 2 aromatic rings. The molecule has 1 fully saturated rings. The summed E-state index contributed by atoms with van der Waals surface area (Å²) in [5, 5.41) is 15.8. The third kappa shape index (κ3) is 3.01. The van der Waals surface area contributed by atoms with Crippen LogP contribution in [0.15, 0.2) is 38.0 Å². The third-order valence-electron chi connectivity index (χ3n) is 2.33. The average molecular weight is 322 g/mol. The maximum atomic E-state index is 11.8. The van der Waals surface area contributed by atoms with Crippen LogP contribution in [0.2, 0.25) is 0 Å². The number of thiazole rings is 1. The van der Waals surface area contributed by atoms with Gasteiger partial charge in [0.1, 0.15) is 10.7 Å². The van der Waals surface area contributed by atoms with Gasteiger partial charge in [0, 0.05) is 17.7 Å². The van der Waals surface area contributed by atoms with Gasteiger partial charge in [-0.15, -0.1) is 11.3 Å². The summed E-state index contributed by atoms with van der Waals surface area (Å²) in [7, 11) is 0. The molecule has 1 amide bonds. The lowest BCUT2D eigenvalue weighted by molar-refractivity contribution is -0.402. The second kappa shape index (κ2) is 5.50. The van der Waals surface area contributed by atoms with E-state index >= 15 is 0 Å². The molecule has 0 saturated carbocycles. The molecule has 0 unspecified atom stereocenters. The maximum Gasteiger partial charge on any atom is 0.433 e. The van der Waals surface area contributed by atoms with Crippen molar-refractivity contribution in [2.75, 3.05) is 0 Å². The number of carbonyl (C=O) groups excluding carboxylic acids is 1. The van der Waals surface area contributed by atoms with Crippen LogP contribution >= 0.6 is 23.1 Å². The molecule has 106 valence electrons. The highest BCUT2D eigenvalue weighted by molar-refractivity contribution is 8.18. The number of furan rings is 1. The number of hydrogen-bond acceptors (Lipinski definition) is 8. The Labute approximate surface area is 125 Å². The van der Waals surface area contributed by atoms with Gasteiger partial charge in [-0.1, -0.05) is 0 Å². The molecule has 0 radical (unpaired) electrons. The Bertz CT molecular complexity index is 763. The number of thioether (sulfide) groups is 1. The van der Waals surface area contributed by atoms with Crippen molar-refractivity contribution in [3.8, 4) is 0 Å². The van der Waals surface area contributed by atoms with Gasteiger partial charge in [0.05, 0.1) is 11.0 Å². The van der Waals surface area contributed by atoms with Crippen LogP contribution in [0.4, 0.5) is 11.0 Å². The SMILES string of the molecule is O=C1N/C(=N\c2nccs2)S/C1=C\c1ccc([N+](=O)[O-])o1. The average Bonchev–Trinajstić information content (AvgIpc) is 3.13. The molecule has 1 aliphatic rings. The van der Waals surface area contributed by atoms with Crippen LogP contribution in [0.1, 0.15) is 5.76 Å². The molecule has 10 heteroatoms. The van der Waals surface area contributed by atoms with E-state index in [2.05, 4.69) is 15.3 Å². The van der Waals surface area contributed by atoms with Gasteiger partial charge in [-0.05, 0) is 17.8 Å². The first kappa shape index (κ1) is 13.5. The minimum atomic E-state index is -0.640. The molecule has 0 spiro atoms. The largest absolute Gasteiger partial charge is 0.433 e. The normalized spacial score (nSPS) is 18.4.